The van der Waals surface area contributed by atoms with Crippen LogP contribution in [-0.4, -0.2) is 32.3 Å². The minimum Gasteiger partial charge on any atom is -0.345 e. The molecule has 0 spiro atoms. The Morgan fingerprint density at radius 3 is 2.82 bits per heavy atom. The first-order chi connectivity index (χ1) is 10.5. The Bertz CT molecular complexity index is 684. The van der Waals surface area contributed by atoms with Gasteiger partial charge in [0.2, 0.25) is 11.8 Å². The van der Waals surface area contributed by atoms with E-state index >= 15 is 0 Å². The van der Waals surface area contributed by atoms with E-state index in [1.54, 1.807) is 30.8 Å². The Hall–Kier alpha value is -1.81. The minimum atomic E-state index is -0.389. The molecule has 2 amide bonds. The fourth-order valence-corrected chi connectivity index (χ4v) is 2.79. The van der Waals surface area contributed by atoms with Crippen molar-refractivity contribution in [1.82, 2.24) is 25.6 Å². The zero-order valence-electron chi connectivity index (χ0n) is 11.9. The van der Waals surface area contributed by atoms with Crippen molar-refractivity contribution in [2.75, 3.05) is 5.75 Å². The maximum Gasteiger partial charge on any atom is 0.286 e. The Morgan fingerprint density at radius 1 is 1.45 bits per heavy atom. The minimum absolute atomic E-state index is 0.171. The fraction of sp³-hybridized carbons (Fsp3) is 0.333. The predicted molar refractivity (Wildman–Crippen MR) is 83.9 cm³/mol. The molecule has 0 bridgehead atoms. The van der Waals surface area contributed by atoms with Gasteiger partial charge in [0.05, 0.1) is 11.5 Å². The van der Waals surface area contributed by atoms with Crippen molar-refractivity contribution in [3.05, 3.63) is 34.1 Å². The van der Waals surface area contributed by atoms with Crippen LogP contribution in [0.5, 0.6) is 0 Å². The smallest absolute Gasteiger partial charge is 0.286 e. The molecule has 0 aliphatic heterocycles. The van der Waals surface area contributed by atoms with Gasteiger partial charge < -0.3 is 9.09 Å². The summed E-state index contributed by atoms with van der Waals surface area (Å²) in [6.07, 6.45) is 1.75. The first kappa shape index (κ1) is 16.6. The van der Waals surface area contributed by atoms with Crippen LogP contribution in [0.4, 0.5) is 0 Å². The highest BCUT2D eigenvalue weighted by atomic mass is 79.9. The van der Waals surface area contributed by atoms with E-state index in [1.165, 1.54) is 11.8 Å². The Balaban J connectivity index is 1.71. The Morgan fingerprint density at radius 2 is 2.23 bits per heavy atom. The van der Waals surface area contributed by atoms with E-state index in [4.69, 9.17) is 4.52 Å². The highest BCUT2D eigenvalue weighted by Gasteiger charge is 2.12. The van der Waals surface area contributed by atoms with Crippen LogP contribution in [0.1, 0.15) is 22.2 Å². The summed E-state index contributed by atoms with van der Waals surface area (Å²) < 4.78 is 7.27. The molecular weight excluding hydrogens is 374 g/mol. The SMILES string of the molecule is Cc1nc(CSCC(=O)NNC(=O)c2cc(Br)cn2C)no1. The lowest BCUT2D eigenvalue weighted by molar-refractivity contribution is -0.119. The maximum atomic E-state index is 11.9. The number of thioether (sulfide) groups is 1. The van der Waals surface area contributed by atoms with Gasteiger partial charge in [0.25, 0.3) is 5.91 Å². The molecule has 0 radical (unpaired) electrons. The van der Waals surface area contributed by atoms with Crippen molar-refractivity contribution in [1.29, 1.82) is 0 Å². The normalized spacial score (nSPS) is 10.5. The van der Waals surface area contributed by atoms with Crippen LogP contribution in [0.15, 0.2) is 21.3 Å². The standard InChI is InChI=1S/C12H14BrN5O3S/c1-7-14-10(17-21-7)5-22-6-11(19)15-16-12(20)9-3-8(13)4-18(9)2/h3-4H,5-6H2,1-2H3,(H,15,19)(H,16,20). The molecule has 2 heterocycles. The van der Waals surface area contributed by atoms with E-state index in [9.17, 15) is 9.59 Å². The van der Waals surface area contributed by atoms with E-state index < -0.39 is 0 Å². The second-order valence-corrected chi connectivity index (χ2v) is 6.28. The highest BCUT2D eigenvalue weighted by molar-refractivity contribution is 9.10. The number of rotatable bonds is 5. The number of nitrogens with zero attached hydrogens (tertiary/aromatic N) is 3. The van der Waals surface area contributed by atoms with Gasteiger partial charge in [-0.3, -0.25) is 20.4 Å². The third-order valence-corrected chi connectivity index (χ3v) is 3.92. The third kappa shape index (κ3) is 4.60. The molecule has 0 saturated heterocycles. The lowest BCUT2D eigenvalue weighted by Crippen LogP contribution is -2.43. The zero-order chi connectivity index (χ0) is 16.1. The first-order valence-electron chi connectivity index (χ1n) is 6.23. The summed E-state index contributed by atoms with van der Waals surface area (Å²) in [6.45, 7) is 1.70. The molecule has 0 atom stereocenters. The van der Waals surface area contributed by atoms with Gasteiger partial charge >= 0.3 is 0 Å². The van der Waals surface area contributed by atoms with Crippen molar-refractivity contribution in [2.24, 2.45) is 7.05 Å². The molecular formula is C12H14BrN5O3S. The second kappa shape index (κ2) is 7.45. The molecule has 10 heteroatoms. The van der Waals surface area contributed by atoms with Crippen LogP contribution >= 0.6 is 27.7 Å². The fourth-order valence-electron chi connectivity index (χ4n) is 1.61. The van der Waals surface area contributed by atoms with Crippen LogP contribution in [0.3, 0.4) is 0 Å². The van der Waals surface area contributed by atoms with Crippen LogP contribution in [0, 0.1) is 6.92 Å². The van der Waals surface area contributed by atoms with Gasteiger partial charge in [-0.05, 0) is 22.0 Å². The first-order valence-corrected chi connectivity index (χ1v) is 8.18. The Kier molecular flexibility index (Phi) is 5.61. The van der Waals surface area contributed by atoms with Gasteiger partial charge in [-0.2, -0.15) is 4.98 Å². The number of aryl methyl sites for hydroxylation is 2. The van der Waals surface area contributed by atoms with Gasteiger partial charge in [0, 0.05) is 24.6 Å². The molecule has 118 valence electrons. The van der Waals surface area contributed by atoms with Gasteiger partial charge in [-0.1, -0.05) is 5.16 Å². The number of hydrogen-bond acceptors (Lipinski definition) is 6. The topological polar surface area (TPSA) is 102 Å². The quantitative estimate of drug-likeness (QED) is 0.746. The number of hydrazine groups is 1. The molecule has 0 aromatic carbocycles. The predicted octanol–water partition coefficient (Wildman–Crippen LogP) is 1.17. The summed E-state index contributed by atoms with van der Waals surface area (Å²) in [5.74, 6) is 0.954. The molecule has 2 aromatic rings. The molecule has 0 saturated carbocycles. The van der Waals surface area contributed by atoms with Gasteiger partial charge in [0.1, 0.15) is 5.69 Å². The number of aromatic nitrogens is 3. The summed E-state index contributed by atoms with van der Waals surface area (Å²) >= 11 is 4.60. The van der Waals surface area contributed by atoms with Crippen molar-refractivity contribution in [3.63, 3.8) is 0 Å². The van der Waals surface area contributed by atoms with Crippen molar-refractivity contribution < 1.29 is 14.1 Å². The summed E-state index contributed by atoms with van der Waals surface area (Å²) in [5, 5.41) is 3.72. The number of carbonyl (C=O) groups is 2. The lowest BCUT2D eigenvalue weighted by Gasteiger charge is -2.07. The number of hydrogen-bond donors (Lipinski definition) is 2. The van der Waals surface area contributed by atoms with Gasteiger partial charge in [0.15, 0.2) is 5.82 Å². The van der Waals surface area contributed by atoms with E-state index in [2.05, 4.69) is 36.9 Å². The summed E-state index contributed by atoms with van der Waals surface area (Å²) in [7, 11) is 1.74. The average Bonchev–Trinajstić information content (AvgIpc) is 3.01. The number of amides is 2. The molecule has 2 N–H and O–H groups in total. The van der Waals surface area contributed by atoms with E-state index in [-0.39, 0.29) is 17.6 Å². The number of carbonyl (C=O) groups excluding carboxylic acids is 2. The van der Waals surface area contributed by atoms with E-state index in [1.807, 2.05) is 0 Å². The summed E-state index contributed by atoms with van der Waals surface area (Å²) in [4.78, 5) is 27.5. The molecule has 2 rings (SSSR count). The van der Waals surface area contributed by atoms with Crippen LogP contribution in [-0.2, 0) is 17.6 Å². The molecule has 0 fully saturated rings. The maximum absolute atomic E-state index is 11.9. The largest absolute Gasteiger partial charge is 0.345 e. The zero-order valence-corrected chi connectivity index (χ0v) is 14.3. The summed E-state index contributed by atoms with van der Waals surface area (Å²) in [5.41, 5.74) is 5.15. The molecule has 0 unspecified atom stereocenters. The highest BCUT2D eigenvalue weighted by Crippen LogP contribution is 2.13. The van der Waals surface area contributed by atoms with Gasteiger partial charge in [-0.15, -0.1) is 11.8 Å². The monoisotopic (exact) mass is 387 g/mol. The third-order valence-electron chi connectivity index (χ3n) is 2.55. The summed E-state index contributed by atoms with van der Waals surface area (Å²) in [6, 6.07) is 1.66. The van der Waals surface area contributed by atoms with Crippen LogP contribution < -0.4 is 10.9 Å². The molecule has 2 aromatic heterocycles. The van der Waals surface area contributed by atoms with Crippen LogP contribution in [0.25, 0.3) is 0 Å². The lowest BCUT2D eigenvalue weighted by atomic mass is 10.4. The van der Waals surface area contributed by atoms with E-state index in [0.29, 0.717) is 23.2 Å². The van der Waals surface area contributed by atoms with Crippen LogP contribution in [0.2, 0.25) is 0 Å². The number of nitrogens with one attached hydrogen (secondary N) is 2. The molecule has 0 aliphatic rings. The van der Waals surface area contributed by atoms with E-state index in [0.717, 1.165) is 4.47 Å². The van der Waals surface area contributed by atoms with Crippen molar-refractivity contribution in [3.8, 4) is 0 Å². The van der Waals surface area contributed by atoms with Crippen molar-refractivity contribution in [2.45, 2.75) is 12.7 Å². The second-order valence-electron chi connectivity index (χ2n) is 4.38. The molecule has 22 heavy (non-hydrogen) atoms. The molecule has 8 nitrogen and oxygen atoms in total. The molecule has 0 aliphatic carbocycles. The average molecular weight is 388 g/mol. The van der Waals surface area contributed by atoms with Crippen molar-refractivity contribution >= 4 is 39.5 Å². The number of halogens is 1. The Labute approximate surface area is 139 Å². The van der Waals surface area contributed by atoms with Gasteiger partial charge in [-0.25, -0.2) is 0 Å².